The minimum Gasteiger partial charge on any atom is -0.342 e. The Bertz CT molecular complexity index is 436. The van der Waals surface area contributed by atoms with E-state index in [-0.39, 0.29) is 29.7 Å². The van der Waals surface area contributed by atoms with Gasteiger partial charge >= 0.3 is 0 Å². The first-order valence-corrected chi connectivity index (χ1v) is 8.89. The van der Waals surface area contributed by atoms with Crippen LogP contribution in [-0.2, 0) is 9.59 Å². The van der Waals surface area contributed by atoms with Crippen LogP contribution in [0, 0.1) is 17.8 Å². The fourth-order valence-electron chi connectivity index (χ4n) is 3.97. The van der Waals surface area contributed by atoms with Gasteiger partial charge < -0.3 is 15.5 Å². The third-order valence-electron chi connectivity index (χ3n) is 5.54. The van der Waals surface area contributed by atoms with Gasteiger partial charge in [-0.05, 0) is 44.4 Å². The third-order valence-corrected chi connectivity index (χ3v) is 5.54. The first-order valence-electron chi connectivity index (χ1n) is 8.89. The van der Waals surface area contributed by atoms with Crippen molar-refractivity contribution in [1.29, 1.82) is 0 Å². The summed E-state index contributed by atoms with van der Waals surface area (Å²) in [7, 11) is 0. The molecule has 22 heavy (non-hydrogen) atoms. The van der Waals surface area contributed by atoms with Gasteiger partial charge in [0.15, 0.2) is 0 Å². The van der Waals surface area contributed by atoms with Gasteiger partial charge in [-0.25, -0.2) is 0 Å². The fraction of sp³-hybridized carbons (Fsp3) is 0.882. The Morgan fingerprint density at radius 1 is 1.05 bits per heavy atom. The molecule has 3 rings (SSSR count). The van der Waals surface area contributed by atoms with Crippen molar-refractivity contribution in [2.45, 2.75) is 51.5 Å². The third kappa shape index (κ3) is 3.29. The molecular formula is C17H29N3O2. The molecule has 3 aliphatic rings. The molecule has 5 nitrogen and oxygen atoms in total. The van der Waals surface area contributed by atoms with Crippen LogP contribution in [0.5, 0.6) is 0 Å². The number of amides is 2. The monoisotopic (exact) mass is 307 g/mol. The quantitative estimate of drug-likeness (QED) is 0.852. The maximum Gasteiger partial charge on any atom is 0.227 e. The number of rotatable bonds is 3. The maximum absolute atomic E-state index is 12.9. The largest absolute Gasteiger partial charge is 0.342 e. The van der Waals surface area contributed by atoms with Crippen LogP contribution in [0.3, 0.4) is 0 Å². The summed E-state index contributed by atoms with van der Waals surface area (Å²) in [5.74, 6) is 1.40. The van der Waals surface area contributed by atoms with Crippen LogP contribution in [0.25, 0.3) is 0 Å². The van der Waals surface area contributed by atoms with Gasteiger partial charge in [-0.2, -0.15) is 0 Å². The fourth-order valence-corrected chi connectivity index (χ4v) is 3.97. The summed E-state index contributed by atoms with van der Waals surface area (Å²) in [6.45, 7) is 5.07. The van der Waals surface area contributed by atoms with Gasteiger partial charge in [0.2, 0.25) is 11.8 Å². The van der Waals surface area contributed by atoms with E-state index in [0.29, 0.717) is 19.0 Å². The molecule has 3 fully saturated rings. The summed E-state index contributed by atoms with van der Waals surface area (Å²) in [6, 6.07) is 0.186. The Hall–Kier alpha value is -1.10. The summed E-state index contributed by atoms with van der Waals surface area (Å²) < 4.78 is 0. The minimum atomic E-state index is -0.0149. The molecule has 0 radical (unpaired) electrons. The molecule has 3 unspecified atom stereocenters. The molecule has 0 aromatic heterocycles. The first kappa shape index (κ1) is 15.8. The molecule has 0 aromatic rings. The van der Waals surface area contributed by atoms with E-state index >= 15 is 0 Å². The van der Waals surface area contributed by atoms with Crippen molar-refractivity contribution in [3.63, 3.8) is 0 Å². The zero-order valence-electron chi connectivity index (χ0n) is 13.7. The van der Waals surface area contributed by atoms with Gasteiger partial charge in [-0.1, -0.05) is 6.92 Å². The van der Waals surface area contributed by atoms with Crippen molar-refractivity contribution < 1.29 is 9.59 Å². The second kappa shape index (κ2) is 6.57. The second-order valence-electron chi connectivity index (χ2n) is 7.45. The number of carbonyl (C=O) groups excluding carboxylic acids is 2. The molecule has 2 N–H and O–H groups in total. The number of carbonyl (C=O) groups is 2. The topological polar surface area (TPSA) is 66.6 Å². The van der Waals surface area contributed by atoms with Gasteiger partial charge in [0.05, 0.1) is 5.92 Å². The van der Waals surface area contributed by atoms with Crippen LogP contribution >= 0.6 is 0 Å². The summed E-state index contributed by atoms with van der Waals surface area (Å²) >= 11 is 0. The highest BCUT2D eigenvalue weighted by molar-refractivity contribution is 5.83. The van der Waals surface area contributed by atoms with Gasteiger partial charge in [0.1, 0.15) is 0 Å². The standard InChI is InChI=1S/C17H29N3O2/c1-12-6-8-20(15(9-12)10-18)17(22)14-3-2-7-19(11-14)16(21)13-4-5-13/h12-15H,2-11,18H2,1H3. The Morgan fingerprint density at radius 3 is 2.50 bits per heavy atom. The maximum atomic E-state index is 12.9. The summed E-state index contributed by atoms with van der Waals surface area (Å²) in [5, 5.41) is 0. The smallest absolute Gasteiger partial charge is 0.227 e. The molecule has 2 amide bonds. The average molecular weight is 307 g/mol. The van der Waals surface area contributed by atoms with Crippen molar-refractivity contribution in [3.05, 3.63) is 0 Å². The lowest BCUT2D eigenvalue weighted by Crippen LogP contribution is -2.54. The Morgan fingerprint density at radius 2 is 1.82 bits per heavy atom. The number of nitrogens with two attached hydrogens (primary N) is 1. The molecule has 0 bridgehead atoms. The Balaban J connectivity index is 1.62. The van der Waals surface area contributed by atoms with Crippen LogP contribution in [0.1, 0.15) is 45.4 Å². The predicted molar refractivity (Wildman–Crippen MR) is 85.0 cm³/mol. The lowest BCUT2D eigenvalue weighted by atomic mass is 9.89. The molecule has 2 heterocycles. The van der Waals surface area contributed by atoms with Crippen LogP contribution in [-0.4, -0.2) is 53.8 Å². The highest BCUT2D eigenvalue weighted by Gasteiger charge is 2.39. The Labute approximate surface area is 133 Å². The Kier molecular flexibility index (Phi) is 4.71. The average Bonchev–Trinajstić information content (AvgIpc) is 3.38. The van der Waals surface area contributed by atoms with Crippen LogP contribution < -0.4 is 5.73 Å². The van der Waals surface area contributed by atoms with E-state index in [1.54, 1.807) is 0 Å². The van der Waals surface area contributed by atoms with E-state index in [4.69, 9.17) is 5.73 Å². The first-order chi connectivity index (χ1) is 10.6. The second-order valence-corrected chi connectivity index (χ2v) is 7.45. The van der Waals surface area contributed by atoms with Crippen LogP contribution in [0.15, 0.2) is 0 Å². The minimum absolute atomic E-state index is 0.0149. The van der Waals surface area contributed by atoms with Gasteiger partial charge in [0.25, 0.3) is 0 Å². The number of piperidine rings is 2. The van der Waals surface area contributed by atoms with E-state index in [1.165, 1.54) is 0 Å². The lowest BCUT2D eigenvalue weighted by Gasteiger charge is -2.41. The molecule has 1 aliphatic carbocycles. The lowest BCUT2D eigenvalue weighted by molar-refractivity contribution is -0.144. The van der Waals surface area contributed by atoms with Crippen molar-refractivity contribution in [3.8, 4) is 0 Å². The van der Waals surface area contributed by atoms with Crippen molar-refractivity contribution in [1.82, 2.24) is 9.80 Å². The van der Waals surface area contributed by atoms with Crippen molar-refractivity contribution in [2.24, 2.45) is 23.5 Å². The summed E-state index contributed by atoms with van der Waals surface area (Å²) in [4.78, 5) is 29.1. The molecule has 2 saturated heterocycles. The molecule has 0 spiro atoms. The van der Waals surface area contributed by atoms with E-state index in [9.17, 15) is 9.59 Å². The van der Waals surface area contributed by atoms with E-state index in [0.717, 1.165) is 51.6 Å². The van der Waals surface area contributed by atoms with Crippen molar-refractivity contribution in [2.75, 3.05) is 26.2 Å². The van der Waals surface area contributed by atoms with Crippen LogP contribution in [0.4, 0.5) is 0 Å². The zero-order valence-corrected chi connectivity index (χ0v) is 13.7. The number of nitrogens with zero attached hydrogens (tertiary/aromatic N) is 2. The van der Waals surface area contributed by atoms with Crippen molar-refractivity contribution >= 4 is 11.8 Å². The predicted octanol–water partition coefficient (Wildman–Crippen LogP) is 1.22. The van der Waals surface area contributed by atoms with Gasteiger partial charge in [0, 0.05) is 38.1 Å². The summed E-state index contributed by atoms with van der Waals surface area (Å²) in [6.07, 6.45) is 6.02. The molecule has 3 atom stereocenters. The normalized spacial score (nSPS) is 32.9. The van der Waals surface area contributed by atoms with Crippen LogP contribution in [0.2, 0.25) is 0 Å². The molecule has 2 aliphatic heterocycles. The number of hydrogen-bond acceptors (Lipinski definition) is 3. The SMILES string of the molecule is CC1CCN(C(=O)C2CCCN(C(=O)C3CC3)C2)C(CN)C1. The molecule has 124 valence electrons. The highest BCUT2D eigenvalue weighted by Crippen LogP contribution is 2.33. The van der Waals surface area contributed by atoms with Gasteiger partial charge in [-0.15, -0.1) is 0 Å². The highest BCUT2D eigenvalue weighted by atomic mass is 16.2. The van der Waals surface area contributed by atoms with E-state index < -0.39 is 0 Å². The number of likely N-dealkylation sites (tertiary alicyclic amines) is 2. The van der Waals surface area contributed by atoms with E-state index in [1.807, 2.05) is 9.80 Å². The number of hydrogen-bond donors (Lipinski definition) is 1. The molecule has 5 heteroatoms. The molecular weight excluding hydrogens is 278 g/mol. The molecule has 0 aromatic carbocycles. The summed E-state index contributed by atoms with van der Waals surface area (Å²) in [5.41, 5.74) is 5.89. The van der Waals surface area contributed by atoms with E-state index in [2.05, 4.69) is 6.92 Å². The van der Waals surface area contributed by atoms with Gasteiger partial charge in [-0.3, -0.25) is 9.59 Å². The zero-order chi connectivity index (χ0) is 15.7. The molecule has 1 saturated carbocycles.